The van der Waals surface area contributed by atoms with Crippen LogP contribution in [0.2, 0.25) is 0 Å². The number of carbonyl (C=O) groups is 1. The van der Waals surface area contributed by atoms with E-state index in [2.05, 4.69) is 55.4 Å². The fourth-order valence-electron chi connectivity index (χ4n) is 6.22. The van der Waals surface area contributed by atoms with E-state index < -0.39 is 11.4 Å². The molecule has 0 saturated carbocycles. The average molecular weight is 425 g/mol. The van der Waals surface area contributed by atoms with Gasteiger partial charge in [-0.25, -0.2) is 0 Å². The summed E-state index contributed by atoms with van der Waals surface area (Å²) in [7, 11) is 0. The molecule has 0 heterocycles. The van der Waals surface area contributed by atoms with Crippen LogP contribution >= 0.6 is 0 Å². The summed E-state index contributed by atoms with van der Waals surface area (Å²) < 4.78 is 0. The summed E-state index contributed by atoms with van der Waals surface area (Å²) in [6.07, 6.45) is 16.0. The Hall–Kier alpha value is -0.530. The smallest absolute Gasteiger partial charge is 0.309 e. The SMILES string of the molecule is CCCCCC(CC(CC)(CC)CC)(CC(CC)(CC)CC)CC(C)(CC)C(=O)O. The van der Waals surface area contributed by atoms with Gasteiger partial charge in [0, 0.05) is 0 Å². The van der Waals surface area contributed by atoms with Crippen LogP contribution in [0.5, 0.6) is 0 Å². The molecule has 0 saturated heterocycles. The summed E-state index contributed by atoms with van der Waals surface area (Å²) in [6, 6.07) is 0. The Bertz CT molecular complexity index is 435. The highest BCUT2D eigenvalue weighted by molar-refractivity contribution is 5.74. The Morgan fingerprint density at radius 3 is 1.27 bits per heavy atom. The van der Waals surface area contributed by atoms with Crippen molar-refractivity contribution < 1.29 is 9.90 Å². The van der Waals surface area contributed by atoms with Crippen LogP contribution in [0.25, 0.3) is 0 Å². The molecule has 1 N–H and O–H groups in total. The van der Waals surface area contributed by atoms with Gasteiger partial charge in [0.05, 0.1) is 5.41 Å². The van der Waals surface area contributed by atoms with E-state index in [1.54, 1.807) is 0 Å². The van der Waals surface area contributed by atoms with Crippen LogP contribution in [-0.2, 0) is 4.79 Å². The third-order valence-electron chi connectivity index (χ3n) is 9.37. The van der Waals surface area contributed by atoms with Crippen molar-refractivity contribution in [3.05, 3.63) is 0 Å². The molecule has 0 aromatic rings. The van der Waals surface area contributed by atoms with Gasteiger partial charge in [-0.1, -0.05) is 113 Å². The van der Waals surface area contributed by atoms with E-state index in [1.807, 2.05) is 6.92 Å². The van der Waals surface area contributed by atoms with E-state index in [-0.39, 0.29) is 5.41 Å². The molecule has 2 heteroatoms. The molecule has 0 amide bonds. The molecule has 1 atom stereocenters. The number of rotatable bonds is 18. The van der Waals surface area contributed by atoms with Gasteiger partial charge >= 0.3 is 5.97 Å². The molecule has 0 aliphatic carbocycles. The minimum atomic E-state index is -0.631. The molecule has 0 rings (SSSR count). The van der Waals surface area contributed by atoms with Crippen LogP contribution in [-0.4, -0.2) is 11.1 Å². The Balaban J connectivity index is 6.53. The maximum atomic E-state index is 12.4. The van der Waals surface area contributed by atoms with Gasteiger partial charge in [0.2, 0.25) is 0 Å². The van der Waals surface area contributed by atoms with E-state index in [0.717, 1.165) is 6.42 Å². The highest BCUT2D eigenvalue weighted by atomic mass is 16.4. The maximum absolute atomic E-state index is 12.4. The van der Waals surface area contributed by atoms with E-state index in [1.165, 1.54) is 77.0 Å². The van der Waals surface area contributed by atoms with Crippen molar-refractivity contribution in [1.82, 2.24) is 0 Å². The van der Waals surface area contributed by atoms with Gasteiger partial charge in [-0.3, -0.25) is 4.79 Å². The van der Waals surface area contributed by atoms with Gasteiger partial charge < -0.3 is 5.11 Å². The van der Waals surface area contributed by atoms with Crippen LogP contribution < -0.4 is 0 Å². The molecule has 0 fully saturated rings. The standard InChI is InChI=1S/C28H56O2/c1-10-18-19-20-28(21-25(9,11-2)24(29)30,22-26(12-3,13-4)14-5)23-27(15-6,16-7)17-8/h10-23H2,1-9H3,(H,29,30). The molecular weight excluding hydrogens is 368 g/mol. The molecule has 0 aromatic heterocycles. The van der Waals surface area contributed by atoms with Gasteiger partial charge in [0.15, 0.2) is 0 Å². The zero-order valence-electron chi connectivity index (χ0n) is 22.3. The molecule has 0 aliphatic rings. The molecule has 0 aliphatic heterocycles. The third kappa shape index (κ3) is 7.56. The Kier molecular flexibility index (Phi) is 12.9. The molecular formula is C28H56O2. The van der Waals surface area contributed by atoms with Gasteiger partial charge in [0.25, 0.3) is 0 Å². The fourth-order valence-corrected chi connectivity index (χ4v) is 6.22. The van der Waals surface area contributed by atoms with Gasteiger partial charge in [-0.2, -0.15) is 0 Å². The lowest BCUT2D eigenvalue weighted by molar-refractivity contribution is -0.152. The molecule has 180 valence electrons. The maximum Gasteiger partial charge on any atom is 0.309 e. The second kappa shape index (κ2) is 13.1. The van der Waals surface area contributed by atoms with Crippen molar-refractivity contribution >= 4 is 5.97 Å². The zero-order chi connectivity index (χ0) is 23.5. The van der Waals surface area contributed by atoms with Gasteiger partial charge in [-0.05, 0) is 55.3 Å². The summed E-state index contributed by atoms with van der Waals surface area (Å²) in [6.45, 7) is 20.5. The predicted octanol–water partition coefficient (Wildman–Crippen LogP) is 9.66. The zero-order valence-corrected chi connectivity index (χ0v) is 22.3. The van der Waals surface area contributed by atoms with Gasteiger partial charge in [-0.15, -0.1) is 0 Å². The van der Waals surface area contributed by atoms with Crippen LogP contribution in [0.15, 0.2) is 0 Å². The van der Waals surface area contributed by atoms with E-state index in [9.17, 15) is 9.90 Å². The largest absolute Gasteiger partial charge is 0.481 e. The van der Waals surface area contributed by atoms with Crippen molar-refractivity contribution in [2.45, 2.75) is 152 Å². The molecule has 1 unspecified atom stereocenters. The quantitative estimate of drug-likeness (QED) is 0.222. The van der Waals surface area contributed by atoms with Crippen molar-refractivity contribution in [2.24, 2.45) is 21.7 Å². The number of hydrogen-bond acceptors (Lipinski definition) is 1. The van der Waals surface area contributed by atoms with Crippen molar-refractivity contribution in [2.75, 3.05) is 0 Å². The summed E-state index contributed by atoms with van der Waals surface area (Å²) in [5, 5.41) is 10.2. The Labute approximate surface area is 190 Å². The first kappa shape index (κ1) is 29.5. The lowest BCUT2D eigenvalue weighted by Crippen LogP contribution is -2.42. The number of carboxylic acid groups (broad SMARTS) is 1. The number of carboxylic acids is 1. The molecule has 0 bridgehead atoms. The third-order valence-corrected chi connectivity index (χ3v) is 9.37. The monoisotopic (exact) mass is 424 g/mol. The van der Waals surface area contributed by atoms with Crippen molar-refractivity contribution in [1.29, 1.82) is 0 Å². The van der Waals surface area contributed by atoms with Crippen molar-refractivity contribution in [3.8, 4) is 0 Å². The topological polar surface area (TPSA) is 37.3 Å². The number of hydrogen-bond donors (Lipinski definition) is 1. The molecule has 0 radical (unpaired) electrons. The summed E-state index contributed by atoms with van der Waals surface area (Å²) in [4.78, 5) is 12.4. The summed E-state index contributed by atoms with van der Waals surface area (Å²) >= 11 is 0. The molecule has 0 spiro atoms. The number of aliphatic carboxylic acids is 1. The van der Waals surface area contributed by atoms with E-state index in [4.69, 9.17) is 0 Å². The molecule has 0 aromatic carbocycles. The highest BCUT2D eigenvalue weighted by Gasteiger charge is 2.48. The van der Waals surface area contributed by atoms with Crippen LogP contribution in [0.4, 0.5) is 0 Å². The van der Waals surface area contributed by atoms with Gasteiger partial charge in [0.1, 0.15) is 0 Å². The number of unbranched alkanes of at least 4 members (excludes halogenated alkanes) is 2. The Morgan fingerprint density at radius 2 is 1.00 bits per heavy atom. The second-order valence-corrected chi connectivity index (χ2v) is 10.8. The first-order chi connectivity index (χ1) is 14.0. The fraction of sp³-hybridized carbons (Fsp3) is 0.964. The van der Waals surface area contributed by atoms with E-state index in [0.29, 0.717) is 17.3 Å². The lowest BCUT2D eigenvalue weighted by Gasteiger charge is -2.50. The van der Waals surface area contributed by atoms with Crippen LogP contribution in [0.1, 0.15) is 152 Å². The van der Waals surface area contributed by atoms with E-state index >= 15 is 0 Å². The molecule has 30 heavy (non-hydrogen) atoms. The predicted molar refractivity (Wildman–Crippen MR) is 133 cm³/mol. The minimum absolute atomic E-state index is 0.113. The summed E-state index contributed by atoms with van der Waals surface area (Å²) in [5.74, 6) is -0.602. The minimum Gasteiger partial charge on any atom is -0.481 e. The first-order valence-corrected chi connectivity index (χ1v) is 13.3. The molecule has 2 nitrogen and oxygen atoms in total. The Morgan fingerprint density at radius 1 is 0.600 bits per heavy atom. The van der Waals surface area contributed by atoms with Crippen molar-refractivity contribution in [3.63, 3.8) is 0 Å². The van der Waals surface area contributed by atoms with Crippen LogP contribution in [0, 0.1) is 21.7 Å². The van der Waals surface area contributed by atoms with Crippen LogP contribution in [0.3, 0.4) is 0 Å². The second-order valence-electron chi connectivity index (χ2n) is 10.8. The first-order valence-electron chi connectivity index (χ1n) is 13.3. The normalized spacial score (nSPS) is 15.2. The highest BCUT2D eigenvalue weighted by Crippen LogP contribution is 2.57. The summed E-state index contributed by atoms with van der Waals surface area (Å²) in [5.41, 5.74) is 0.150. The average Bonchev–Trinajstić information content (AvgIpc) is 2.76. The lowest BCUT2D eigenvalue weighted by atomic mass is 9.54.